The number of hydrogen-bond acceptors (Lipinski definition) is 4. The average Bonchev–Trinajstić information content (AvgIpc) is 2.56. The van der Waals surface area contributed by atoms with Crippen molar-refractivity contribution in [1.82, 2.24) is 9.97 Å². The van der Waals surface area contributed by atoms with Crippen LogP contribution in [0, 0.1) is 0 Å². The lowest BCUT2D eigenvalue weighted by atomic mass is 9.87. The number of hydrogen-bond donors (Lipinski definition) is 1. The third-order valence-corrected chi connectivity index (χ3v) is 4.49. The fraction of sp³-hybridized carbons (Fsp3) is 0.474. The van der Waals surface area contributed by atoms with Crippen LogP contribution >= 0.6 is 0 Å². The molecule has 1 aromatic heterocycles. The predicted molar refractivity (Wildman–Crippen MR) is 96.0 cm³/mol. The Balaban J connectivity index is 1.55. The Bertz CT molecular complexity index is 608. The molecule has 1 aliphatic heterocycles. The van der Waals surface area contributed by atoms with E-state index in [2.05, 4.69) is 65.2 Å². The van der Waals surface area contributed by atoms with E-state index in [1.807, 2.05) is 6.20 Å². The zero-order chi connectivity index (χ0) is 16.3. The summed E-state index contributed by atoms with van der Waals surface area (Å²) in [7, 11) is 0. The van der Waals surface area contributed by atoms with Gasteiger partial charge < -0.3 is 10.2 Å². The number of rotatable bonds is 3. The molecular formula is C19H26N4. The van der Waals surface area contributed by atoms with Crippen molar-refractivity contribution in [2.75, 3.05) is 23.3 Å². The summed E-state index contributed by atoms with van der Waals surface area (Å²) in [5.41, 5.74) is 2.80. The van der Waals surface area contributed by atoms with Gasteiger partial charge in [0.05, 0.1) is 6.20 Å². The first kappa shape index (κ1) is 15.8. The largest absolute Gasteiger partial charge is 0.382 e. The molecule has 23 heavy (non-hydrogen) atoms. The first-order chi connectivity index (χ1) is 11.0. The van der Waals surface area contributed by atoms with Crippen molar-refractivity contribution in [3.05, 3.63) is 48.4 Å². The van der Waals surface area contributed by atoms with Gasteiger partial charge in [0.1, 0.15) is 5.82 Å². The van der Waals surface area contributed by atoms with Gasteiger partial charge in [0, 0.05) is 37.2 Å². The normalized spacial score (nSPS) is 16.4. The van der Waals surface area contributed by atoms with Gasteiger partial charge in [-0.2, -0.15) is 0 Å². The predicted octanol–water partition coefficient (Wildman–Crippen LogP) is 3.86. The van der Waals surface area contributed by atoms with E-state index < -0.39 is 0 Å². The van der Waals surface area contributed by atoms with Crippen LogP contribution in [0.5, 0.6) is 0 Å². The van der Waals surface area contributed by atoms with Crippen molar-refractivity contribution in [2.45, 2.75) is 45.1 Å². The van der Waals surface area contributed by atoms with Crippen molar-refractivity contribution in [3.8, 4) is 0 Å². The van der Waals surface area contributed by atoms with Gasteiger partial charge in [0.15, 0.2) is 0 Å². The van der Waals surface area contributed by atoms with Gasteiger partial charge in [-0.1, -0.05) is 32.9 Å². The highest BCUT2D eigenvalue weighted by atomic mass is 15.2. The van der Waals surface area contributed by atoms with Gasteiger partial charge in [0.25, 0.3) is 0 Å². The van der Waals surface area contributed by atoms with Crippen LogP contribution < -0.4 is 10.2 Å². The van der Waals surface area contributed by atoms with E-state index >= 15 is 0 Å². The Morgan fingerprint density at radius 3 is 2.30 bits per heavy atom. The zero-order valence-corrected chi connectivity index (χ0v) is 14.3. The fourth-order valence-corrected chi connectivity index (χ4v) is 3.01. The molecule has 0 saturated carbocycles. The Kier molecular flexibility index (Phi) is 4.51. The molecule has 1 aromatic carbocycles. The SMILES string of the molecule is CC(C)(C)c1ccc(NC2CCN(c3cnccn3)CC2)cc1. The monoisotopic (exact) mass is 310 g/mol. The molecule has 0 radical (unpaired) electrons. The molecule has 3 rings (SSSR count). The summed E-state index contributed by atoms with van der Waals surface area (Å²) in [6.07, 6.45) is 7.57. The summed E-state index contributed by atoms with van der Waals surface area (Å²) in [6.45, 7) is 8.79. The molecule has 0 bridgehead atoms. The van der Waals surface area contributed by atoms with E-state index in [-0.39, 0.29) is 5.41 Å². The Hall–Kier alpha value is -2.10. The van der Waals surface area contributed by atoms with Crippen molar-refractivity contribution in [1.29, 1.82) is 0 Å². The second-order valence-electron chi connectivity index (χ2n) is 7.30. The summed E-state index contributed by atoms with van der Waals surface area (Å²) < 4.78 is 0. The standard InChI is InChI=1S/C19H26N4/c1-19(2,3)15-4-6-16(7-5-15)22-17-8-12-23(13-9-17)18-14-20-10-11-21-18/h4-7,10-11,14,17,22H,8-9,12-13H2,1-3H3. The number of nitrogens with one attached hydrogen (secondary N) is 1. The van der Waals surface area contributed by atoms with Crippen molar-refractivity contribution in [3.63, 3.8) is 0 Å². The molecule has 4 heteroatoms. The van der Waals surface area contributed by atoms with Crippen LogP contribution in [0.3, 0.4) is 0 Å². The lowest BCUT2D eigenvalue weighted by Crippen LogP contribution is -2.39. The second-order valence-corrected chi connectivity index (χ2v) is 7.30. The highest BCUT2D eigenvalue weighted by molar-refractivity contribution is 5.47. The molecule has 2 heterocycles. The molecule has 0 amide bonds. The maximum absolute atomic E-state index is 4.39. The van der Waals surface area contributed by atoms with E-state index in [0.717, 1.165) is 31.7 Å². The van der Waals surface area contributed by atoms with Crippen LogP contribution in [0.2, 0.25) is 0 Å². The number of benzene rings is 1. The van der Waals surface area contributed by atoms with Gasteiger partial charge in [-0.25, -0.2) is 4.98 Å². The van der Waals surface area contributed by atoms with Gasteiger partial charge in [-0.05, 0) is 36.0 Å². The highest BCUT2D eigenvalue weighted by Crippen LogP contribution is 2.25. The molecule has 1 N–H and O–H groups in total. The van der Waals surface area contributed by atoms with Gasteiger partial charge in [-0.15, -0.1) is 0 Å². The molecule has 122 valence electrons. The number of anilines is 2. The highest BCUT2D eigenvalue weighted by Gasteiger charge is 2.20. The molecule has 0 unspecified atom stereocenters. The van der Waals surface area contributed by atoms with Crippen molar-refractivity contribution < 1.29 is 0 Å². The van der Waals surface area contributed by atoms with Crippen molar-refractivity contribution >= 4 is 11.5 Å². The molecule has 0 atom stereocenters. The summed E-state index contributed by atoms with van der Waals surface area (Å²) in [5.74, 6) is 0.987. The van der Waals surface area contributed by atoms with Gasteiger partial charge in [0.2, 0.25) is 0 Å². The van der Waals surface area contributed by atoms with Crippen LogP contribution in [-0.2, 0) is 5.41 Å². The number of nitrogens with zero attached hydrogens (tertiary/aromatic N) is 3. The van der Waals surface area contributed by atoms with E-state index in [1.54, 1.807) is 12.4 Å². The quantitative estimate of drug-likeness (QED) is 0.935. The first-order valence-electron chi connectivity index (χ1n) is 8.40. The third kappa shape index (κ3) is 4.01. The molecule has 0 aliphatic carbocycles. The minimum absolute atomic E-state index is 0.209. The molecule has 2 aromatic rings. The number of piperidine rings is 1. The van der Waals surface area contributed by atoms with Crippen LogP contribution in [0.1, 0.15) is 39.2 Å². The second kappa shape index (κ2) is 6.57. The summed E-state index contributed by atoms with van der Waals surface area (Å²) in [5, 5.41) is 3.67. The minimum Gasteiger partial charge on any atom is -0.382 e. The maximum Gasteiger partial charge on any atom is 0.147 e. The average molecular weight is 310 g/mol. The summed E-state index contributed by atoms with van der Waals surface area (Å²) >= 11 is 0. The lowest BCUT2D eigenvalue weighted by Gasteiger charge is -2.33. The van der Waals surface area contributed by atoms with Crippen LogP contribution in [-0.4, -0.2) is 29.1 Å². The van der Waals surface area contributed by atoms with E-state index in [1.165, 1.54) is 11.3 Å². The van der Waals surface area contributed by atoms with Crippen LogP contribution in [0.4, 0.5) is 11.5 Å². The number of aromatic nitrogens is 2. The van der Waals surface area contributed by atoms with Crippen LogP contribution in [0.25, 0.3) is 0 Å². The van der Waals surface area contributed by atoms with Crippen molar-refractivity contribution in [2.24, 2.45) is 0 Å². The molecule has 1 saturated heterocycles. The molecular weight excluding hydrogens is 284 g/mol. The summed E-state index contributed by atoms with van der Waals surface area (Å²) in [4.78, 5) is 10.9. The lowest BCUT2D eigenvalue weighted by molar-refractivity contribution is 0.523. The first-order valence-corrected chi connectivity index (χ1v) is 8.40. The molecule has 4 nitrogen and oxygen atoms in total. The third-order valence-electron chi connectivity index (χ3n) is 4.49. The van der Waals surface area contributed by atoms with E-state index in [9.17, 15) is 0 Å². The smallest absolute Gasteiger partial charge is 0.147 e. The Labute approximate surface area is 139 Å². The van der Waals surface area contributed by atoms with E-state index in [0.29, 0.717) is 6.04 Å². The summed E-state index contributed by atoms with van der Waals surface area (Å²) in [6, 6.07) is 9.41. The van der Waals surface area contributed by atoms with E-state index in [4.69, 9.17) is 0 Å². The topological polar surface area (TPSA) is 41.0 Å². The van der Waals surface area contributed by atoms with Crippen LogP contribution in [0.15, 0.2) is 42.9 Å². The molecule has 1 aliphatic rings. The molecule has 1 fully saturated rings. The van der Waals surface area contributed by atoms with Gasteiger partial charge in [-0.3, -0.25) is 4.98 Å². The fourth-order valence-electron chi connectivity index (χ4n) is 3.01. The Morgan fingerprint density at radius 2 is 1.74 bits per heavy atom. The maximum atomic E-state index is 4.39. The minimum atomic E-state index is 0.209. The molecule has 0 spiro atoms. The Morgan fingerprint density at radius 1 is 1.04 bits per heavy atom. The zero-order valence-electron chi connectivity index (χ0n) is 14.3. The van der Waals surface area contributed by atoms with Gasteiger partial charge >= 0.3 is 0 Å².